The van der Waals surface area contributed by atoms with Crippen LogP contribution in [0, 0.1) is 10.1 Å². The van der Waals surface area contributed by atoms with Crippen LogP contribution >= 0.6 is 0 Å². The second-order valence-electron chi connectivity index (χ2n) is 7.98. The van der Waals surface area contributed by atoms with Gasteiger partial charge in [0.15, 0.2) is 0 Å². The summed E-state index contributed by atoms with van der Waals surface area (Å²) in [6.45, 7) is 0. The number of amides is 1. The minimum absolute atomic E-state index is 0.0303. The molecule has 4 rings (SSSR count). The molecule has 0 unspecified atom stereocenters. The normalized spacial score (nSPS) is 18.5. The summed E-state index contributed by atoms with van der Waals surface area (Å²) in [6, 6.07) is 9.44. The third-order valence-corrected chi connectivity index (χ3v) is 5.53. The summed E-state index contributed by atoms with van der Waals surface area (Å²) in [4.78, 5) is 36.6. The molecule has 0 radical (unpaired) electrons. The van der Waals surface area contributed by atoms with Crippen molar-refractivity contribution in [1.29, 1.82) is 0 Å². The Morgan fingerprint density at radius 1 is 1.16 bits per heavy atom. The number of carbonyl (C=O) groups is 1. The first-order chi connectivity index (χ1) is 14.9. The molecule has 1 amide bonds. The molecule has 3 aromatic rings. The molecule has 0 bridgehead atoms. The Morgan fingerprint density at radius 3 is 2.55 bits per heavy atom. The van der Waals surface area contributed by atoms with E-state index in [0.717, 1.165) is 42.4 Å². The quantitative estimate of drug-likeness (QED) is 0.410. The van der Waals surface area contributed by atoms with Crippen LogP contribution in [0.4, 0.5) is 17.5 Å². The van der Waals surface area contributed by atoms with E-state index >= 15 is 0 Å². The maximum atomic E-state index is 12.3. The summed E-state index contributed by atoms with van der Waals surface area (Å²) in [5.74, 6) is 1.15. The van der Waals surface area contributed by atoms with Gasteiger partial charge < -0.3 is 20.5 Å². The van der Waals surface area contributed by atoms with Gasteiger partial charge in [0.1, 0.15) is 11.5 Å². The molecule has 0 atom stereocenters. The highest BCUT2D eigenvalue weighted by molar-refractivity contribution is 5.93. The zero-order chi connectivity index (χ0) is 22.0. The molecule has 2 heterocycles. The Bertz CT molecular complexity index is 1100. The van der Waals surface area contributed by atoms with Gasteiger partial charge in [-0.05, 0) is 37.8 Å². The molecule has 1 aromatic carbocycles. The van der Waals surface area contributed by atoms with Gasteiger partial charge in [0, 0.05) is 37.6 Å². The second kappa shape index (κ2) is 8.58. The molecule has 31 heavy (non-hydrogen) atoms. The van der Waals surface area contributed by atoms with Crippen LogP contribution in [0.5, 0.6) is 0 Å². The molecule has 10 nitrogen and oxygen atoms in total. The van der Waals surface area contributed by atoms with Crippen LogP contribution in [-0.2, 0) is 0 Å². The number of H-pyrrole nitrogens is 1. The Balaban J connectivity index is 1.36. The van der Waals surface area contributed by atoms with Crippen LogP contribution in [0.1, 0.15) is 36.2 Å². The van der Waals surface area contributed by atoms with Gasteiger partial charge in [-0.15, -0.1) is 0 Å². The number of rotatable bonds is 6. The van der Waals surface area contributed by atoms with Crippen molar-refractivity contribution in [2.24, 2.45) is 0 Å². The molecule has 1 aliphatic carbocycles. The van der Waals surface area contributed by atoms with Gasteiger partial charge in [-0.25, -0.2) is 4.98 Å². The first-order valence-electron chi connectivity index (χ1n) is 10.2. The van der Waals surface area contributed by atoms with Gasteiger partial charge >= 0.3 is 0 Å². The van der Waals surface area contributed by atoms with Crippen molar-refractivity contribution in [2.45, 2.75) is 37.8 Å². The van der Waals surface area contributed by atoms with Crippen molar-refractivity contribution in [3.63, 3.8) is 0 Å². The number of fused-ring (bicyclic) bond motifs is 1. The van der Waals surface area contributed by atoms with E-state index in [1.165, 1.54) is 12.3 Å². The fourth-order valence-corrected chi connectivity index (χ4v) is 3.91. The molecule has 1 aliphatic rings. The molecule has 10 heteroatoms. The number of benzene rings is 1. The number of anilines is 2. The summed E-state index contributed by atoms with van der Waals surface area (Å²) in [7, 11) is 3.93. The van der Waals surface area contributed by atoms with Crippen molar-refractivity contribution in [3.05, 3.63) is 52.3 Å². The number of nitrogens with zero attached hydrogens (tertiary/aromatic N) is 4. The van der Waals surface area contributed by atoms with E-state index < -0.39 is 4.92 Å². The summed E-state index contributed by atoms with van der Waals surface area (Å²) in [5.41, 5.74) is 0.975. The van der Waals surface area contributed by atoms with Gasteiger partial charge in [-0.2, -0.15) is 4.98 Å². The van der Waals surface area contributed by atoms with Crippen molar-refractivity contribution in [3.8, 4) is 0 Å². The number of hydrogen-bond donors (Lipinski definition) is 3. The predicted molar refractivity (Wildman–Crippen MR) is 118 cm³/mol. The Morgan fingerprint density at radius 2 is 1.87 bits per heavy atom. The van der Waals surface area contributed by atoms with Crippen molar-refractivity contribution in [2.75, 3.05) is 24.3 Å². The number of nitro groups is 1. The molecule has 162 valence electrons. The average Bonchev–Trinajstić information content (AvgIpc) is 3.25. The number of hydrogen-bond acceptors (Lipinski definition) is 7. The third kappa shape index (κ3) is 4.57. The molecular formula is C21H25N7O3. The van der Waals surface area contributed by atoms with E-state index in [4.69, 9.17) is 4.98 Å². The molecular weight excluding hydrogens is 398 g/mol. The standard InChI is InChI=1S/C21H25N7O3/c1-27(2)19-16-5-3-4-6-17(16)25-21(26-19)24-14-9-7-13(8-10-14)23-20(29)18-11-15(12-22-18)28(30)31/h3-6,11-14,22H,7-10H2,1-2H3,(H,23,29)(H,24,25,26). The minimum atomic E-state index is -0.527. The number of carbonyl (C=O) groups excluding carboxylic acids is 1. The Kier molecular flexibility index (Phi) is 5.70. The number of aromatic nitrogens is 3. The number of aromatic amines is 1. The largest absolute Gasteiger partial charge is 0.362 e. The van der Waals surface area contributed by atoms with Gasteiger partial charge in [0.05, 0.1) is 16.6 Å². The van der Waals surface area contributed by atoms with Crippen LogP contribution in [0.3, 0.4) is 0 Å². The SMILES string of the molecule is CN(C)c1nc(NC2CCC(NC(=O)c3cc([N+](=O)[O-])c[nH]3)CC2)nc2ccccc12. The van der Waals surface area contributed by atoms with Crippen LogP contribution in [-0.4, -0.2) is 52.0 Å². The van der Waals surface area contributed by atoms with E-state index in [-0.39, 0.29) is 29.4 Å². The zero-order valence-electron chi connectivity index (χ0n) is 17.5. The molecule has 0 saturated heterocycles. The van der Waals surface area contributed by atoms with Crippen molar-refractivity contribution >= 4 is 34.3 Å². The second-order valence-corrected chi connectivity index (χ2v) is 7.98. The monoisotopic (exact) mass is 423 g/mol. The summed E-state index contributed by atoms with van der Waals surface area (Å²) >= 11 is 0. The highest BCUT2D eigenvalue weighted by Gasteiger charge is 2.25. The van der Waals surface area contributed by atoms with E-state index in [0.29, 0.717) is 5.95 Å². The van der Waals surface area contributed by atoms with Crippen LogP contribution in [0.25, 0.3) is 10.9 Å². The topological polar surface area (TPSA) is 129 Å². The third-order valence-electron chi connectivity index (χ3n) is 5.53. The molecule has 3 N–H and O–H groups in total. The Hall–Kier alpha value is -3.69. The lowest BCUT2D eigenvalue weighted by atomic mass is 9.91. The molecule has 1 fully saturated rings. The summed E-state index contributed by atoms with van der Waals surface area (Å²) < 4.78 is 0. The Labute approximate surface area is 179 Å². The van der Waals surface area contributed by atoms with Crippen LogP contribution < -0.4 is 15.5 Å². The van der Waals surface area contributed by atoms with Crippen LogP contribution in [0.15, 0.2) is 36.5 Å². The first-order valence-corrected chi connectivity index (χ1v) is 10.2. The highest BCUT2D eigenvalue weighted by Crippen LogP contribution is 2.26. The van der Waals surface area contributed by atoms with E-state index in [1.807, 2.05) is 43.3 Å². The average molecular weight is 423 g/mol. The van der Waals surface area contributed by atoms with E-state index in [2.05, 4.69) is 20.6 Å². The maximum absolute atomic E-state index is 12.3. The fraction of sp³-hybridized carbons (Fsp3) is 0.381. The molecule has 1 saturated carbocycles. The lowest BCUT2D eigenvalue weighted by Gasteiger charge is -2.29. The smallest absolute Gasteiger partial charge is 0.287 e. The van der Waals surface area contributed by atoms with Gasteiger partial charge in [-0.3, -0.25) is 14.9 Å². The van der Waals surface area contributed by atoms with Crippen LogP contribution in [0.2, 0.25) is 0 Å². The molecule has 2 aromatic heterocycles. The predicted octanol–water partition coefficient (Wildman–Crippen LogP) is 3.09. The highest BCUT2D eigenvalue weighted by atomic mass is 16.6. The summed E-state index contributed by atoms with van der Waals surface area (Å²) in [5, 5.41) is 18.2. The summed E-state index contributed by atoms with van der Waals surface area (Å²) in [6.07, 6.45) is 4.56. The van der Waals surface area contributed by atoms with Crippen molar-refractivity contribution < 1.29 is 9.72 Å². The zero-order valence-corrected chi connectivity index (χ0v) is 17.5. The molecule has 0 aliphatic heterocycles. The lowest BCUT2D eigenvalue weighted by molar-refractivity contribution is -0.384. The minimum Gasteiger partial charge on any atom is -0.362 e. The number of nitrogens with one attached hydrogen (secondary N) is 3. The van der Waals surface area contributed by atoms with Gasteiger partial charge in [-0.1, -0.05) is 12.1 Å². The van der Waals surface area contributed by atoms with E-state index in [9.17, 15) is 14.9 Å². The molecule has 0 spiro atoms. The maximum Gasteiger partial charge on any atom is 0.287 e. The lowest BCUT2D eigenvalue weighted by Crippen LogP contribution is -2.40. The van der Waals surface area contributed by atoms with Gasteiger partial charge in [0.2, 0.25) is 5.95 Å². The van der Waals surface area contributed by atoms with Gasteiger partial charge in [0.25, 0.3) is 11.6 Å². The number of para-hydroxylation sites is 1. The first kappa shape index (κ1) is 20.6. The fourth-order valence-electron chi connectivity index (χ4n) is 3.91. The van der Waals surface area contributed by atoms with E-state index in [1.54, 1.807) is 0 Å². The van der Waals surface area contributed by atoms with Crippen molar-refractivity contribution in [1.82, 2.24) is 20.3 Å².